The number of para-hydroxylation sites is 2. The summed E-state index contributed by atoms with van der Waals surface area (Å²) in [5.41, 5.74) is 13.1. The summed E-state index contributed by atoms with van der Waals surface area (Å²) in [4.78, 5) is 2.33. The van der Waals surface area contributed by atoms with E-state index in [0.29, 0.717) is 0 Å². The minimum Gasteiger partial charge on any atom is -0.311 e. The number of rotatable bonds is 7. The Morgan fingerprint density at radius 2 is 0.673 bits per heavy atom. The molecule has 0 atom stereocenters. The molecule has 0 unspecified atom stereocenters. The molecule has 0 heterocycles. The van der Waals surface area contributed by atoms with E-state index in [-0.39, 0.29) is 0 Å². The first-order valence-corrected chi connectivity index (χ1v) is 18.9. The summed E-state index contributed by atoms with van der Waals surface area (Å²) in [6.07, 6.45) is 0. The Labute approximate surface area is 322 Å². The standard InChI is InChI=1S/C54H37N/c1-6-18-38(19-7-1)42-32-35-48-51(36-42)46-28-16-17-29-47(46)54-52(49(39-20-8-2-9-21-39)37-50(53(48)54)40-22-10-3-11-23-40)41-30-33-45(34-31-41)55(43-24-12-4-13-25-43)44-26-14-5-15-27-44/h1-37H. The number of benzene rings is 10. The van der Waals surface area contributed by atoms with Crippen LogP contribution in [0.3, 0.4) is 0 Å². The van der Waals surface area contributed by atoms with Crippen LogP contribution < -0.4 is 4.90 Å². The van der Waals surface area contributed by atoms with E-state index < -0.39 is 0 Å². The number of hydrogen-bond acceptors (Lipinski definition) is 1. The number of fused-ring (bicyclic) bond motifs is 6. The Morgan fingerprint density at radius 1 is 0.236 bits per heavy atom. The van der Waals surface area contributed by atoms with E-state index in [1.165, 1.54) is 76.8 Å². The molecule has 0 N–H and O–H groups in total. The number of anilines is 3. The zero-order valence-corrected chi connectivity index (χ0v) is 30.3. The Kier molecular flexibility index (Phi) is 8.24. The number of hydrogen-bond donors (Lipinski definition) is 0. The Balaban J connectivity index is 1.30. The first kappa shape index (κ1) is 32.4. The van der Waals surface area contributed by atoms with Crippen molar-refractivity contribution in [1.29, 1.82) is 0 Å². The van der Waals surface area contributed by atoms with Crippen LogP contribution in [-0.4, -0.2) is 0 Å². The van der Waals surface area contributed by atoms with Crippen LogP contribution in [0, 0.1) is 0 Å². The molecule has 1 nitrogen and oxygen atoms in total. The highest BCUT2D eigenvalue weighted by Gasteiger charge is 2.22. The molecule has 0 amide bonds. The molecule has 0 radical (unpaired) electrons. The lowest BCUT2D eigenvalue weighted by molar-refractivity contribution is 1.28. The molecule has 258 valence electrons. The molecule has 0 aliphatic heterocycles. The van der Waals surface area contributed by atoms with E-state index in [1.54, 1.807) is 0 Å². The molecule has 10 aromatic rings. The van der Waals surface area contributed by atoms with Crippen molar-refractivity contribution in [3.63, 3.8) is 0 Å². The van der Waals surface area contributed by atoms with Crippen molar-refractivity contribution in [3.05, 3.63) is 224 Å². The van der Waals surface area contributed by atoms with Crippen LogP contribution in [0.2, 0.25) is 0 Å². The minimum absolute atomic E-state index is 1.11. The van der Waals surface area contributed by atoms with Crippen molar-refractivity contribution in [2.75, 3.05) is 4.90 Å². The van der Waals surface area contributed by atoms with E-state index in [1.807, 2.05) is 0 Å². The van der Waals surface area contributed by atoms with Gasteiger partial charge in [-0.05, 0) is 125 Å². The van der Waals surface area contributed by atoms with Gasteiger partial charge in [-0.2, -0.15) is 0 Å². The Hall–Kier alpha value is -7.22. The van der Waals surface area contributed by atoms with Crippen LogP contribution in [0.25, 0.3) is 76.8 Å². The highest BCUT2D eigenvalue weighted by Crippen LogP contribution is 2.50. The van der Waals surface area contributed by atoms with Gasteiger partial charge in [-0.1, -0.05) is 176 Å². The minimum atomic E-state index is 1.11. The summed E-state index contributed by atoms with van der Waals surface area (Å²) in [5, 5.41) is 7.56. The second kappa shape index (κ2) is 14.0. The Morgan fingerprint density at radius 3 is 1.25 bits per heavy atom. The largest absolute Gasteiger partial charge is 0.311 e. The molecule has 0 bridgehead atoms. The van der Waals surface area contributed by atoms with Gasteiger partial charge in [0, 0.05) is 17.1 Å². The van der Waals surface area contributed by atoms with Gasteiger partial charge in [-0.25, -0.2) is 0 Å². The molecular formula is C54H37N. The third-order valence-electron chi connectivity index (χ3n) is 10.8. The van der Waals surface area contributed by atoms with E-state index in [0.717, 1.165) is 17.1 Å². The van der Waals surface area contributed by atoms with Crippen molar-refractivity contribution in [2.45, 2.75) is 0 Å². The molecule has 1 heteroatoms. The van der Waals surface area contributed by atoms with Gasteiger partial charge < -0.3 is 4.90 Å². The average Bonchev–Trinajstić information content (AvgIpc) is 3.28. The lowest BCUT2D eigenvalue weighted by atomic mass is 9.81. The molecule has 0 aromatic heterocycles. The summed E-state index contributed by atoms with van der Waals surface area (Å²) in [5.74, 6) is 0. The van der Waals surface area contributed by atoms with E-state index in [9.17, 15) is 0 Å². The average molecular weight is 700 g/mol. The fraction of sp³-hybridized carbons (Fsp3) is 0. The quantitative estimate of drug-likeness (QED) is 0.150. The van der Waals surface area contributed by atoms with Crippen LogP contribution in [0.5, 0.6) is 0 Å². The zero-order valence-electron chi connectivity index (χ0n) is 30.3. The normalized spacial score (nSPS) is 11.3. The van der Waals surface area contributed by atoms with E-state index >= 15 is 0 Å². The lowest BCUT2D eigenvalue weighted by Gasteiger charge is -2.26. The highest BCUT2D eigenvalue weighted by atomic mass is 15.1. The molecule has 0 fully saturated rings. The molecule has 0 saturated carbocycles. The molecule has 10 rings (SSSR count). The zero-order chi connectivity index (χ0) is 36.6. The molecule has 0 aliphatic rings. The van der Waals surface area contributed by atoms with Crippen molar-refractivity contribution < 1.29 is 0 Å². The van der Waals surface area contributed by atoms with Gasteiger partial charge >= 0.3 is 0 Å². The third-order valence-corrected chi connectivity index (χ3v) is 10.8. The SMILES string of the molecule is c1ccc(-c2ccc3c(c2)c2ccccc2c2c(-c4ccc(N(c5ccccc5)c5ccccc5)cc4)c(-c4ccccc4)cc(-c4ccccc4)c32)cc1. The maximum atomic E-state index is 2.44. The maximum absolute atomic E-state index is 2.44. The first-order valence-electron chi connectivity index (χ1n) is 18.9. The smallest absolute Gasteiger partial charge is 0.0462 e. The van der Waals surface area contributed by atoms with E-state index in [2.05, 4.69) is 229 Å². The van der Waals surface area contributed by atoms with Crippen LogP contribution in [0.15, 0.2) is 224 Å². The summed E-state index contributed by atoms with van der Waals surface area (Å²) < 4.78 is 0. The van der Waals surface area contributed by atoms with Crippen LogP contribution in [0.4, 0.5) is 17.1 Å². The summed E-state index contributed by atoms with van der Waals surface area (Å²) in [6, 6.07) is 81.4. The Bertz CT molecular complexity index is 2880. The fourth-order valence-electron chi connectivity index (χ4n) is 8.33. The molecule has 0 spiro atoms. The third kappa shape index (κ3) is 5.84. The predicted octanol–water partition coefficient (Wildman–Crippen LogP) is 15.3. The van der Waals surface area contributed by atoms with Gasteiger partial charge in [0.2, 0.25) is 0 Å². The number of nitrogens with zero attached hydrogens (tertiary/aromatic N) is 1. The second-order valence-corrected chi connectivity index (χ2v) is 14.1. The second-order valence-electron chi connectivity index (χ2n) is 14.1. The van der Waals surface area contributed by atoms with Crippen LogP contribution >= 0.6 is 0 Å². The van der Waals surface area contributed by atoms with Gasteiger partial charge in [0.25, 0.3) is 0 Å². The maximum Gasteiger partial charge on any atom is 0.0462 e. The van der Waals surface area contributed by atoms with Crippen molar-refractivity contribution in [2.24, 2.45) is 0 Å². The van der Waals surface area contributed by atoms with Gasteiger partial charge in [-0.15, -0.1) is 0 Å². The van der Waals surface area contributed by atoms with Crippen LogP contribution in [0.1, 0.15) is 0 Å². The van der Waals surface area contributed by atoms with Crippen molar-refractivity contribution in [3.8, 4) is 44.5 Å². The lowest BCUT2D eigenvalue weighted by Crippen LogP contribution is -2.09. The van der Waals surface area contributed by atoms with Crippen molar-refractivity contribution in [1.82, 2.24) is 0 Å². The molecule has 0 aliphatic carbocycles. The van der Waals surface area contributed by atoms with Gasteiger partial charge in [0.15, 0.2) is 0 Å². The predicted molar refractivity (Wildman–Crippen MR) is 235 cm³/mol. The van der Waals surface area contributed by atoms with Gasteiger partial charge in [-0.3, -0.25) is 0 Å². The molecule has 55 heavy (non-hydrogen) atoms. The van der Waals surface area contributed by atoms with E-state index in [4.69, 9.17) is 0 Å². The molecule has 0 saturated heterocycles. The fourth-order valence-corrected chi connectivity index (χ4v) is 8.33. The van der Waals surface area contributed by atoms with Crippen molar-refractivity contribution >= 4 is 49.4 Å². The topological polar surface area (TPSA) is 3.24 Å². The monoisotopic (exact) mass is 699 g/mol. The molecular weight excluding hydrogens is 663 g/mol. The summed E-state index contributed by atoms with van der Waals surface area (Å²) in [6.45, 7) is 0. The van der Waals surface area contributed by atoms with Gasteiger partial charge in [0.1, 0.15) is 0 Å². The summed E-state index contributed by atoms with van der Waals surface area (Å²) in [7, 11) is 0. The van der Waals surface area contributed by atoms with Crippen LogP contribution in [-0.2, 0) is 0 Å². The highest BCUT2D eigenvalue weighted by molar-refractivity contribution is 6.33. The first-order chi connectivity index (χ1) is 27.3. The summed E-state index contributed by atoms with van der Waals surface area (Å²) >= 11 is 0. The molecule has 10 aromatic carbocycles. The van der Waals surface area contributed by atoms with Gasteiger partial charge in [0.05, 0.1) is 0 Å².